The van der Waals surface area contributed by atoms with Gasteiger partial charge in [0, 0.05) is 6.54 Å². The summed E-state index contributed by atoms with van der Waals surface area (Å²) in [6, 6.07) is 6.08. The van der Waals surface area contributed by atoms with Crippen LogP contribution in [0.4, 0.5) is 0 Å². The third-order valence-corrected chi connectivity index (χ3v) is 4.52. The maximum Gasteiger partial charge on any atom is 0.265 e. The Bertz CT molecular complexity index is 577. The first-order valence-electron chi connectivity index (χ1n) is 7.53. The van der Waals surface area contributed by atoms with Gasteiger partial charge in [0.15, 0.2) is 0 Å². The highest BCUT2D eigenvalue weighted by atomic mass is 32.2. The Morgan fingerprint density at radius 1 is 1.19 bits per heavy atom. The summed E-state index contributed by atoms with van der Waals surface area (Å²) in [7, 11) is -3.48. The van der Waals surface area contributed by atoms with Crippen LogP contribution in [-0.2, 0) is 14.3 Å². The van der Waals surface area contributed by atoms with E-state index in [2.05, 4.69) is 11.0 Å². The maximum atomic E-state index is 11.6. The molecule has 1 aromatic carbocycles. The Hall–Kier alpha value is -0.910. The molecule has 1 atom stereocenters. The fraction of sp³-hybridized carbons (Fsp3) is 0.625. The van der Waals surface area contributed by atoms with Gasteiger partial charge in [-0.3, -0.25) is 4.18 Å². The molecule has 0 N–H and O–H groups in total. The van der Waals surface area contributed by atoms with Crippen LogP contribution in [0.15, 0.2) is 18.2 Å². The van der Waals surface area contributed by atoms with E-state index in [1.165, 1.54) is 24.8 Å². The molecule has 0 saturated carbocycles. The van der Waals surface area contributed by atoms with Gasteiger partial charge in [-0.1, -0.05) is 30.2 Å². The second-order valence-corrected chi connectivity index (χ2v) is 7.61. The first kappa shape index (κ1) is 16.5. The molecular weight excluding hydrogens is 286 g/mol. The Morgan fingerprint density at radius 3 is 2.43 bits per heavy atom. The quantitative estimate of drug-likeness (QED) is 0.785. The van der Waals surface area contributed by atoms with Crippen molar-refractivity contribution in [3.63, 3.8) is 0 Å². The van der Waals surface area contributed by atoms with Crippen molar-refractivity contribution in [2.24, 2.45) is 0 Å². The minimum absolute atomic E-state index is 0.418. The predicted octanol–water partition coefficient (Wildman–Crippen LogP) is 2.81. The molecule has 0 amide bonds. The standard InChI is InChI=1S/C16H25NO3S/c1-13-7-8-15(14(2)11-13)16(20-21(3,18)19)12-17-9-5-4-6-10-17/h7-8,11,16H,4-6,9-10,12H2,1-3H3/t16-/m0/s1. The summed E-state index contributed by atoms with van der Waals surface area (Å²) in [6.07, 6.45) is 4.33. The van der Waals surface area contributed by atoms with Crippen molar-refractivity contribution >= 4 is 10.1 Å². The number of benzene rings is 1. The van der Waals surface area contributed by atoms with E-state index in [0.29, 0.717) is 6.54 Å². The number of hydrogen-bond acceptors (Lipinski definition) is 4. The van der Waals surface area contributed by atoms with Gasteiger partial charge in [0.2, 0.25) is 0 Å². The summed E-state index contributed by atoms with van der Waals surface area (Å²) >= 11 is 0. The summed E-state index contributed by atoms with van der Waals surface area (Å²) < 4.78 is 28.6. The van der Waals surface area contributed by atoms with E-state index in [1.54, 1.807) is 0 Å². The third-order valence-electron chi connectivity index (χ3n) is 3.94. The Kier molecular flexibility index (Phi) is 5.41. The van der Waals surface area contributed by atoms with Gasteiger partial charge in [0.05, 0.1) is 6.26 Å². The molecule has 1 fully saturated rings. The van der Waals surface area contributed by atoms with Gasteiger partial charge in [0.1, 0.15) is 6.10 Å². The van der Waals surface area contributed by atoms with E-state index >= 15 is 0 Å². The van der Waals surface area contributed by atoms with Gasteiger partial charge in [-0.05, 0) is 50.9 Å². The smallest absolute Gasteiger partial charge is 0.265 e. The molecule has 0 bridgehead atoms. The second-order valence-electron chi connectivity index (χ2n) is 6.01. The number of aryl methyl sites for hydroxylation is 2. The fourth-order valence-corrected chi connectivity index (χ4v) is 3.54. The SMILES string of the molecule is Cc1ccc([C@H](CN2CCCCC2)OS(C)(=O)=O)c(C)c1. The lowest BCUT2D eigenvalue weighted by atomic mass is 10.00. The highest BCUT2D eigenvalue weighted by Gasteiger charge is 2.23. The zero-order chi connectivity index (χ0) is 15.5. The molecule has 1 aromatic rings. The zero-order valence-electron chi connectivity index (χ0n) is 13.1. The molecular formula is C16H25NO3S. The summed E-state index contributed by atoms with van der Waals surface area (Å²) in [5.41, 5.74) is 3.23. The minimum Gasteiger partial charge on any atom is -0.300 e. The molecule has 4 nitrogen and oxygen atoms in total. The molecule has 0 spiro atoms. The van der Waals surface area contributed by atoms with Crippen molar-refractivity contribution in [3.8, 4) is 0 Å². The Morgan fingerprint density at radius 2 is 1.86 bits per heavy atom. The second kappa shape index (κ2) is 6.90. The molecule has 5 heteroatoms. The van der Waals surface area contributed by atoms with E-state index in [-0.39, 0.29) is 0 Å². The third kappa shape index (κ3) is 5.09. The van der Waals surface area contributed by atoms with E-state index in [9.17, 15) is 8.42 Å². The minimum atomic E-state index is -3.48. The molecule has 118 valence electrons. The van der Waals surface area contributed by atoms with Gasteiger partial charge in [-0.15, -0.1) is 0 Å². The lowest BCUT2D eigenvalue weighted by Gasteiger charge is -2.30. The lowest BCUT2D eigenvalue weighted by molar-refractivity contribution is 0.124. The van der Waals surface area contributed by atoms with Crippen LogP contribution in [-0.4, -0.2) is 39.2 Å². The number of rotatable bonds is 5. The van der Waals surface area contributed by atoms with Crippen molar-refractivity contribution in [1.29, 1.82) is 0 Å². The maximum absolute atomic E-state index is 11.6. The topological polar surface area (TPSA) is 46.6 Å². The van der Waals surface area contributed by atoms with Crippen molar-refractivity contribution in [2.75, 3.05) is 25.9 Å². The first-order valence-corrected chi connectivity index (χ1v) is 9.34. The van der Waals surface area contributed by atoms with Gasteiger partial charge in [0.25, 0.3) is 10.1 Å². The molecule has 21 heavy (non-hydrogen) atoms. The van der Waals surface area contributed by atoms with Gasteiger partial charge in [-0.25, -0.2) is 0 Å². The van der Waals surface area contributed by atoms with E-state index in [4.69, 9.17) is 4.18 Å². The van der Waals surface area contributed by atoms with Crippen molar-refractivity contribution in [1.82, 2.24) is 4.90 Å². The fourth-order valence-electron chi connectivity index (χ4n) is 2.95. The number of nitrogens with zero attached hydrogens (tertiary/aromatic N) is 1. The summed E-state index contributed by atoms with van der Waals surface area (Å²) in [5, 5.41) is 0. The van der Waals surface area contributed by atoms with Crippen molar-refractivity contribution in [3.05, 3.63) is 34.9 Å². The molecule has 0 aliphatic carbocycles. The first-order chi connectivity index (χ1) is 9.85. The number of hydrogen-bond donors (Lipinski definition) is 0. The molecule has 0 radical (unpaired) electrons. The average Bonchev–Trinajstić information content (AvgIpc) is 2.37. The highest BCUT2D eigenvalue weighted by Crippen LogP contribution is 2.26. The van der Waals surface area contributed by atoms with Crippen LogP contribution in [0.1, 0.15) is 42.1 Å². The van der Waals surface area contributed by atoms with E-state index < -0.39 is 16.2 Å². The largest absolute Gasteiger partial charge is 0.300 e. The van der Waals surface area contributed by atoms with Crippen LogP contribution in [0, 0.1) is 13.8 Å². The van der Waals surface area contributed by atoms with Crippen LogP contribution in [0.25, 0.3) is 0 Å². The number of likely N-dealkylation sites (tertiary alicyclic amines) is 1. The lowest BCUT2D eigenvalue weighted by Crippen LogP contribution is -2.35. The van der Waals surface area contributed by atoms with Crippen LogP contribution < -0.4 is 0 Å². The molecule has 1 saturated heterocycles. The molecule has 0 aromatic heterocycles. The average molecular weight is 311 g/mol. The molecule has 1 heterocycles. The zero-order valence-corrected chi connectivity index (χ0v) is 13.9. The van der Waals surface area contributed by atoms with Crippen LogP contribution in [0.3, 0.4) is 0 Å². The van der Waals surface area contributed by atoms with Gasteiger partial charge in [-0.2, -0.15) is 8.42 Å². The van der Waals surface area contributed by atoms with E-state index in [1.807, 2.05) is 26.0 Å². The summed E-state index contributed by atoms with van der Waals surface area (Å²) in [4.78, 5) is 2.30. The molecule has 1 aliphatic rings. The number of piperidine rings is 1. The summed E-state index contributed by atoms with van der Waals surface area (Å²) in [5.74, 6) is 0. The summed E-state index contributed by atoms with van der Waals surface area (Å²) in [6.45, 7) is 6.73. The highest BCUT2D eigenvalue weighted by molar-refractivity contribution is 7.86. The monoisotopic (exact) mass is 311 g/mol. The molecule has 0 unspecified atom stereocenters. The Balaban J connectivity index is 2.22. The van der Waals surface area contributed by atoms with E-state index in [0.717, 1.165) is 30.5 Å². The van der Waals surface area contributed by atoms with Gasteiger partial charge >= 0.3 is 0 Å². The van der Waals surface area contributed by atoms with Crippen LogP contribution >= 0.6 is 0 Å². The normalized spacial score (nSPS) is 18.6. The Labute approximate surface area is 128 Å². The molecule has 1 aliphatic heterocycles. The van der Waals surface area contributed by atoms with Crippen molar-refractivity contribution < 1.29 is 12.6 Å². The van der Waals surface area contributed by atoms with Gasteiger partial charge < -0.3 is 4.90 Å². The van der Waals surface area contributed by atoms with Crippen molar-refractivity contribution in [2.45, 2.75) is 39.2 Å². The van der Waals surface area contributed by atoms with Crippen LogP contribution in [0.5, 0.6) is 0 Å². The predicted molar refractivity (Wildman–Crippen MR) is 84.9 cm³/mol. The van der Waals surface area contributed by atoms with Crippen LogP contribution in [0.2, 0.25) is 0 Å². The molecule has 2 rings (SSSR count).